The van der Waals surface area contributed by atoms with Crippen LogP contribution in [0.2, 0.25) is 0 Å². The van der Waals surface area contributed by atoms with Crippen LogP contribution in [0.25, 0.3) is 0 Å². The van der Waals surface area contributed by atoms with Gasteiger partial charge in [-0.2, -0.15) is 0 Å². The zero-order valence-corrected chi connectivity index (χ0v) is 14.5. The second kappa shape index (κ2) is 9.68. The van der Waals surface area contributed by atoms with Crippen molar-refractivity contribution in [2.24, 2.45) is 5.92 Å². The Bertz CT molecular complexity index is 454. The summed E-state index contributed by atoms with van der Waals surface area (Å²) in [5, 5.41) is 3.18. The normalized spacial score (nSPS) is 17.2. The minimum Gasteiger partial charge on any atom is -0.379 e. The number of carbonyl (C=O) groups excluding carboxylic acids is 1. The average molecular weight is 318 g/mol. The molecule has 1 aromatic rings. The fourth-order valence-electron chi connectivity index (χ4n) is 3.18. The first kappa shape index (κ1) is 18.0. The van der Waals surface area contributed by atoms with Gasteiger partial charge in [-0.05, 0) is 24.8 Å². The van der Waals surface area contributed by atoms with E-state index < -0.39 is 0 Å². The van der Waals surface area contributed by atoms with Crippen molar-refractivity contribution in [3.05, 3.63) is 35.9 Å². The van der Waals surface area contributed by atoms with E-state index in [1.807, 2.05) is 6.07 Å². The molecule has 1 N–H and O–H groups in total. The molecule has 0 aromatic heterocycles. The molecule has 0 radical (unpaired) electrons. The van der Waals surface area contributed by atoms with Gasteiger partial charge in [0.15, 0.2) is 0 Å². The maximum absolute atomic E-state index is 12.3. The summed E-state index contributed by atoms with van der Waals surface area (Å²) < 4.78 is 5.47. The van der Waals surface area contributed by atoms with Crippen molar-refractivity contribution in [2.75, 3.05) is 32.8 Å². The van der Waals surface area contributed by atoms with Crippen LogP contribution in [0.3, 0.4) is 0 Å². The molecule has 0 saturated carbocycles. The molecule has 1 atom stereocenters. The fourth-order valence-corrected chi connectivity index (χ4v) is 3.18. The van der Waals surface area contributed by atoms with Crippen molar-refractivity contribution >= 4 is 5.91 Å². The van der Waals surface area contributed by atoms with Crippen LogP contribution in [-0.2, 0) is 16.0 Å². The zero-order chi connectivity index (χ0) is 16.5. The lowest BCUT2D eigenvalue weighted by Gasteiger charge is -2.35. The van der Waals surface area contributed by atoms with Gasteiger partial charge in [-0.15, -0.1) is 0 Å². The molecule has 1 unspecified atom stereocenters. The van der Waals surface area contributed by atoms with Gasteiger partial charge in [-0.1, -0.05) is 44.2 Å². The number of nitrogens with zero attached hydrogens (tertiary/aromatic N) is 1. The molecule has 0 spiro atoms. The van der Waals surface area contributed by atoms with Crippen LogP contribution in [0.1, 0.15) is 32.3 Å². The Hall–Kier alpha value is -1.39. The van der Waals surface area contributed by atoms with Crippen molar-refractivity contribution in [2.45, 2.75) is 39.2 Å². The Morgan fingerprint density at radius 2 is 1.83 bits per heavy atom. The van der Waals surface area contributed by atoms with Crippen molar-refractivity contribution in [3.63, 3.8) is 0 Å². The molecule has 0 aliphatic carbocycles. The molecule has 1 aliphatic rings. The quantitative estimate of drug-likeness (QED) is 0.801. The van der Waals surface area contributed by atoms with Crippen molar-refractivity contribution < 1.29 is 9.53 Å². The third-order valence-electron chi connectivity index (χ3n) is 4.74. The van der Waals surface area contributed by atoms with Crippen molar-refractivity contribution in [3.8, 4) is 0 Å². The SMILES string of the molecule is CCC(CC)C(=O)NCC(Cc1ccccc1)N1CCOCC1. The lowest BCUT2D eigenvalue weighted by molar-refractivity contribution is -0.125. The van der Waals surface area contributed by atoms with Crippen LogP contribution < -0.4 is 5.32 Å². The van der Waals surface area contributed by atoms with Gasteiger partial charge >= 0.3 is 0 Å². The fraction of sp³-hybridized carbons (Fsp3) is 0.632. The van der Waals surface area contributed by atoms with E-state index in [9.17, 15) is 4.79 Å². The molecule has 4 nitrogen and oxygen atoms in total. The highest BCUT2D eigenvalue weighted by Crippen LogP contribution is 2.12. The summed E-state index contributed by atoms with van der Waals surface area (Å²) in [5.74, 6) is 0.332. The zero-order valence-electron chi connectivity index (χ0n) is 14.5. The molecule has 0 bridgehead atoms. The van der Waals surface area contributed by atoms with Gasteiger partial charge < -0.3 is 10.1 Å². The Morgan fingerprint density at radius 3 is 2.43 bits per heavy atom. The monoisotopic (exact) mass is 318 g/mol. The van der Waals surface area contributed by atoms with E-state index in [1.54, 1.807) is 0 Å². The Labute approximate surface area is 140 Å². The number of hydrogen-bond donors (Lipinski definition) is 1. The first-order valence-electron chi connectivity index (χ1n) is 8.88. The number of morpholine rings is 1. The summed E-state index contributed by atoms with van der Waals surface area (Å²) >= 11 is 0. The van der Waals surface area contributed by atoms with E-state index >= 15 is 0 Å². The lowest BCUT2D eigenvalue weighted by Crippen LogP contribution is -2.50. The van der Waals surface area contributed by atoms with Crippen molar-refractivity contribution in [1.29, 1.82) is 0 Å². The number of nitrogens with one attached hydrogen (secondary N) is 1. The van der Waals surface area contributed by atoms with E-state index in [1.165, 1.54) is 5.56 Å². The van der Waals surface area contributed by atoms with Crippen LogP contribution in [0, 0.1) is 5.92 Å². The third-order valence-corrected chi connectivity index (χ3v) is 4.74. The predicted molar refractivity (Wildman–Crippen MR) is 93.4 cm³/mol. The second-order valence-corrected chi connectivity index (χ2v) is 6.25. The lowest BCUT2D eigenvalue weighted by atomic mass is 10.0. The Kier molecular flexibility index (Phi) is 7.56. The van der Waals surface area contributed by atoms with Gasteiger partial charge in [0.05, 0.1) is 13.2 Å². The highest BCUT2D eigenvalue weighted by Gasteiger charge is 2.23. The van der Waals surface area contributed by atoms with Gasteiger partial charge in [0, 0.05) is 31.6 Å². The molecule has 1 saturated heterocycles. The van der Waals surface area contributed by atoms with Gasteiger partial charge in [-0.3, -0.25) is 9.69 Å². The van der Waals surface area contributed by atoms with Gasteiger partial charge in [-0.25, -0.2) is 0 Å². The summed E-state index contributed by atoms with van der Waals surface area (Å²) in [5.41, 5.74) is 1.32. The maximum atomic E-state index is 12.3. The highest BCUT2D eigenvalue weighted by atomic mass is 16.5. The van der Waals surface area contributed by atoms with Gasteiger partial charge in [0.2, 0.25) is 5.91 Å². The van der Waals surface area contributed by atoms with Gasteiger partial charge in [0.1, 0.15) is 0 Å². The predicted octanol–water partition coefficient (Wildman–Crippen LogP) is 2.48. The number of ether oxygens (including phenoxy) is 1. The molecular weight excluding hydrogens is 288 g/mol. The minimum absolute atomic E-state index is 0.136. The molecule has 1 aliphatic heterocycles. The first-order chi connectivity index (χ1) is 11.2. The summed E-state index contributed by atoms with van der Waals surface area (Å²) in [6, 6.07) is 10.9. The van der Waals surface area contributed by atoms with Crippen LogP contribution in [0.5, 0.6) is 0 Å². The number of rotatable bonds is 8. The largest absolute Gasteiger partial charge is 0.379 e. The van der Waals surface area contributed by atoms with Crippen LogP contribution in [0.15, 0.2) is 30.3 Å². The van der Waals surface area contributed by atoms with Gasteiger partial charge in [0.25, 0.3) is 0 Å². The molecular formula is C19H30N2O2. The molecule has 128 valence electrons. The summed E-state index contributed by atoms with van der Waals surface area (Å²) in [4.78, 5) is 14.7. The van der Waals surface area contributed by atoms with Crippen LogP contribution >= 0.6 is 0 Å². The standard InChI is InChI=1S/C19H30N2O2/c1-3-17(4-2)19(22)20-15-18(21-10-12-23-13-11-21)14-16-8-6-5-7-9-16/h5-9,17-18H,3-4,10-15H2,1-2H3,(H,20,22). The number of hydrogen-bond acceptors (Lipinski definition) is 3. The first-order valence-corrected chi connectivity index (χ1v) is 8.88. The molecule has 4 heteroatoms. The van der Waals surface area contributed by atoms with E-state index in [-0.39, 0.29) is 11.8 Å². The second-order valence-electron chi connectivity index (χ2n) is 6.25. The maximum Gasteiger partial charge on any atom is 0.223 e. The van der Waals surface area contributed by atoms with E-state index in [4.69, 9.17) is 4.74 Å². The summed E-state index contributed by atoms with van der Waals surface area (Å²) in [6.07, 6.45) is 2.77. The van der Waals surface area contributed by atoms with E-state index in [0.29, 0.717) is 12.6 Å². The topological polar surface area (TPSA) is 41.6 Å². The minimum atomic E-state index is 0.136. The molecule has 1 heterocycles. The van der Waals surface area contributed by atoms with E-state index in [2.05, 4.69) is 48.3 Å². The van der Waals surface area contributed by atoms with Crippen molar-refractivity contribution in [1.82, 2.24) is 10.2 Å². The number of benzene rings is 1. The molecule has 1 aromatic carbocycles. The number of carbonyl (C=O) groups is 1. The molecule has 23 heavy (non-hydrogen) atoms. The Morgan fingerprint density at radius 1 is 1.17 bits per heavy atom. The summed E-state index contributed by atoms with van der Waals surface area (Å²) in [6.45, 7) is 8.33. The van der Waals surface area contributed by atoms with E-state index in [0.717, 1.165) is 45.6 Å². The molecule has 2 rings (SSSR count). The van der Waals surface area contributed by atoms with Crippen LogP contribution in [0.4, 0.5) is 0 Å². The Balaban J connectivity index is 1.96. The smallest absolute Gasteiger partial charge is 0.223 e. The molecule has 1 fully saturated rings. The third kappa shape index (κ3) is 5.63. The number of amides is 1. The highest BCUT2D eigenvalue weighted by molar-refractivity contribution is 5.78. The average Bonchev–Trinajstić information content (AvgIpc) is 2.61. The van der Waals surface area contributed by atoms with Crippen LogP contribution in [-0.4, -0.2) is 49.7 Å². The summed E-state index contributed by atoms with van der Waals surface area (Å²) in [7, 11) is 0. The molecule has 1 amide bonds.